The first-order chi connectivity index (χ1) is 8.22. The van der Waals surface area contributed by atoms with E-state index in [1.807, 2.05) is 0 Å². The second-order valence-electron chi connectivity index (χ2n) is 2.96. The number of aromatic amines is 1. The van der Waals surface area contributed by atoms with Crippen LogP contribution in [0.1, 0.15) is 10.4 Å². The summed E-state index contributed by atoms with van der Waals surface area (Å²) in [6.45, 7) is 0. The molecule has 0 atom stereocenters. The Labute approximate surface area is 93.7 Å². The molecule has 0 saturated heterocycles. The van der Waals surface area contributed by atoms with Gasteiger partial charge in [0.15, 0.2) is 0 Å². The molecule has 0 amide bonds. The van der Waals surface area contributed by atoms with Gasteiger partial charge in [-0.1, -0.05) is 11.2 Å². The monoisotopic (exact) mass is 231 g/mol. The summed E-state index contributed by atoms with van der Waals surface area (Å²) in [5.74, 6) is -0.886. The van der Waals surface area contributed by atoms with Gasteiger partial charge in [0.05, 0.1) is 11.3 Å². The molecule has 0 saturated carbocycles. The van der Waals surface area contributed by atoms with Crippen LogP contribution >= 0.6 is 0 Å². The summed E-state index contributed by atoms with van der Waals surface area (Å²) in [7, 11) is 0. The summed E-state index contributed by atoms with van der Waals surface area (Å²) < 4.78 is 0. The van der Waals surface area contributed by atoms with Crippen LogP contribution < -0.4 is 0 Å². The van der Waals surface area contributed by atoms with Gasteiger partial charge in [-0.2, -0.15) is 5.21 Å². The lowest BCUT2D eigenvalue weighted by atomic mass is 10.1. The lowest BCUT2D eigenvalue weighted by Crippen LogP contribution is -1.96. The largest absolute Gasteiger partial charge is 0.478 e. The van der Waals surface area contributed by atoms with Gasteiger partial charge in [0.1, 0.15) is 0 Å². The number of hydrogen-bond acceptors (Lipinski definition) is 5. The van der Waals surface area contributed by atoms with E-state index in [0.29, 0.717) is 5.56 Å². The lowest BCUT2D eigenvalue weighted by Gasteiger charge is -2.01. The topological polar surface area (TPSA) is 141 Å². The number of tetrazole rings is 1. The molecule has 0 fully saturated rings. The fourth-order valence-corrected chi connectivity index (χ4v) is 1.27. The molecule has 0 aliphatic carbocycles. The number of nitrogens with one attached hydrogen (secondary N) is 1. The predicted molar refractivity (Wildman–Crippen MR) is 55.4 cm³/mol. The molecule has 2 rings (SSSR count). The fourth-order valence-electron chi connectivity index (χ4n) is 1.27. The van der Waals surface area contributed by atoms with Crippen LogP contribution in [0.25, 0.3) is 21.8 Å². The van der Waals surface area contributed by atoms with Gasteiger partial charge in [0.2, 0.25) is 5.82 Å². The second kappa shape index (κ2) is 4.29. The smallest absolute Gasteiger partial charge is 0.336 e. The first-order valence-corrected chi connectivity index (χ1v) is 4.38. The molecule has 84 valence electrons. The van der Waals surface area contributed by atoms with Crippen molar-refractivity contribution in [2.75, 3.05) is 0 Å². The number of carbonyl (C=O) groups is 1. The Balaban J connectivity index is 2.57. The van der Waals surface area contributed by atoms with Crippen LogP contribution in [0.4, 0.5) is 5.69 Å². The first kappa shape index (κ1) is 10.6. The Hall–Kier alpha value is -2.93. The molecule has 0 aliphatic rings. The molecule has 17 heavy (non-hydrogen) atoms. The second-order valence-corrected chi connectivity index (χ2v) is 2.96. The number of rotatable bonds is 3. The number of carboxylic acids is 1. The van der Waals surface area contributed by atoms with E-state index in [1.54, 1.807) is 0 Å². The van der Waals surface area contributed by atoms with Gasteiger partial charge in [-0.3, -0.25) is 0 Å². The Morgan fingerprint density at radius 3 is 2.94 bits per heavy atom. The normalized spacial score (nSPS) is 9.65. The highest BCUT2D eigenvalue weighted by atomic mass is 16.4. The molecule has 9 heteroatoms. The average Bonchev–Trinajstić information content (AvgIpc) is 2.82. The zero-order valence-corrected chi connectivity index (χ0v) is 8.27. The number of nitrogens with zero attached hydrogens (tertiary/aromatic N) is 6. The van der Waals surface area contributed by atoms with Crippen LogP contribution in [0.15, 0.2) is 23.3 Å². The summed E-state index contributed by atoms with van der Waals surface area (Å²) in [6, 6.07) is 4.21. The quantitative estimate of drug-likeness (QED) is 0.467. The van der Waals surface area contributed by atoms with E-state index in [-0.39, 0.29) is 17.1 Å². The van der Waals surface area contributed by atoms with Crippen LogP contribution in [0.3, 0.4) is 0 Å². The number of carboxylic acid groups (broad SMARTS) is 1. The molecule has 0 aliphatic heterocycles. The molecule has 0 spiro atoms. The van der Waals surface area contributed by atoms with Gasteiger partial charge in [-0.05, 0) is 22.9 Å². The zero-order valence-electron chi connectivity index (χ0n) is 8.27. The predicted octanol–water partition coefficient (Wildman–Crippen LogP) is 1.51. The van der Waals surface area contributed by atoms with Gasteiger partial charge in [0, 0.05) is 10.5 Å². The van der Waals surface area contributed by atoms with E-state index in [9.17, 15) is 4.79 Å². The standard InChI is InChI=1S/C8H5N7O2/c9-13-10-6-3-4(7-11-14-15-12-7)1-2-5(6)8(16)17/h1-3H,(H,16,17)(H,11,12,14,15). The Bertz CT molecular complexity index is 600. The third kappa shape index (κ3) is 2.03. The Kier molecular flexibility index (Phi) is 2.67. The van der Waals surface area contributed by atoms with E-state index in [2.05, 4.69) is 30.7 Å². The Morgan fingerprint density at radius 1 is 1.53 bits per heavy atom. The molecular formula is C8H5N7O2. The number of aromatic nitrogens is 4. The van der Waals surface area contributed by atoms with Gasteiger partial charge in [0.25, 0.3) is 0 Å². The van der Waals surface area contributed by atoms with Crippen molar-refractivity contribution in [2.24, 2.45) is 5.11 Å². The first-order valence-electron chi connectivity index (χ1n) is 4.38. The van der Waals surface area contributed by atoms with Crippen LogP contribution in [0.2, 0.25) is 0 Å². The third-order valence-electron chi connectivity index (χ3n) is 1.98. The molecule has 2 aromatic rings. The van der Waals surface area contributed by atoms with Crippen molar-refractivity contribution in [3.63, 3.8) is 0 Å². The maximum absolute atomic E-state index is 10.9. The molecule has 1 heterocycles. The van der Waals surface area contributed by atoms with Gasteiger partial charge in [-0.15, -0.1) is 10.2 Å². The van der Waals surface area contributed by atoms with Gasteiger partial charge >= 0.3 is 5.97 Å². The highest BCUT2D eigenvalue weighted by molar-refractivity contribution is 5.94. The Morgan fingerprint density at radius 2 is 2.35 bits per heavy atom. The van der Waals surface area contributed by atoms with Gasteiger partial charge < -0.3 is 5.11 Å². The number of benzene rings is 1. The van der Waals surface area contributed by atoms with Crippen molar-refractivity contribution in [1.82, 2.24) is 20.6 Å². The van der Waals surface area contributed by atoms with E-state index in [4.69, 9.17) is 10.6 Å². The maximum atomic E-state index is 10.9. The summed E-state index contributed by atoms with van der Waals surface area (Å²) in [5, 5.41) is 25.3. The highest BCUT2D eigenvalue weighted by Gasteiger charge is 2.11. The summed E-state index contributed by atoms with van der Waals surface area (Å²) in [5.41, 5.74) is 8.78. The SMILES string of the molecule is [N-]=[N+]=Nc1cc(-c2nn[nH]n2)ccc1C(=O)O. The van der Waals surface area contributed by atoms with E-state index < -0.39 is 5.97 Å². The molecule has 1 aromatic heterocycles. The van der Waals surface area contributed by atoms with E-state index >= 15 is 0 Å². The summed E-state index contributed by atoms with van der Waals surface area (Å²) in [4.78, 5) is 13.4. The number of hydrogen-bond donors (Lipinski definition) is 2. The maximum Gasteiger partial charge on any atom is 0.336 e. The van der Waals surface area contributed by atoms with Crippen molar-refractivity contribution >= 4 is 11.7 Å². The number of azide groups is 1. The van der Waals surface area contributed by atoms with Crippen LogP contribution in [0, 0.1) is 0 Å². The summed E-state index contributed by atoms with van der Waals surface area (Å²) in [6.07, 6.45) is 0. The third-order valence-corrected chi connectivity index (χ3v) is 1.98. The van der Waals surface area contributed by atoms with E-state index in [0.717, 1.165) is 0 Å². The van der Waals surface area contributed by atoms with Crippen molar-refractivity contribution in [3.8, 4) is 11.4 Å². The average molecular weight is 231 g/mol. The van der Waals surface area contributed by atoms with Crippen LogP contribution in [-0.4, -0.2) is 31.7 Å². The van der Waals surface area contributed by atoms with Crippen molar-refractivity contribution in [1.29, 1.82) is 0 Å². The lowest BCUT2D eigenvalue weighted by molar-refractivity contribution is 0.0698. The zero-order chi connectivity index (χ0) is 12.3. The van der Waals surface area contributed by atoms with Crippen LogP contribution in [0.5, 0.6) is 0 Å². The van der Waals surface area contributed by atoms with E-state index in [1.165, 1.54) is 18.2 Å². The molecular weight excluding hydrogens is 226 g/mol. The molecule has 0 bridgehead atoms. The summed E-state index contributed by atoms with van der Waals surface area (Å²) >= 11 is 0. The van der Waals surface area contributed by atoms with Crippen LogP contribution in [-0.2, 0) is 0 Å². The van der Waals surface area contributed by atoms with Crippen molar-refractivity contribution in [3.05, 3.63) is 34.2 Å². The molecule has 2 N–H and O–H groups in total. The minimum absolute atomic E-state index is 0.00213. The van der Waals surface area contributed by atoms with Gasteiger partial charge in [-0.25, -0.2) is 4.79 Å². The minimum atomic E-state index is -1.17. The molecule has 1 aromatic carbocycles. The highest BCUT2D eigenvalue weighted by Crippen LogP contribution is 2.25. The number of aromatic carboxylic acids is 1. The van der Waals surface area contributed by atoms with Crippen molar-refractivity contribution < 1.29 is 9.90 Å². The number of H-pyrrole nitrogens is 1. The molecule has 0 unspecified atom stereocenters. The fraction of sp³-hybridized carbons (Fsp3) is 0. The van der Waals surface area contributed by atoms with Crippen molar-refractivity contribution in [2.45, 2.75) is 0 Å². The minimum Gasteiger partial charge on any atom is -0.478 e. The molecule has 0 radical (unpaired) electrons. The molecule has 9 nitrogen and oxygen atoms in total.